The van der Waals surface area contributed by atoms with Gasteiger partial charge in [0.1, 0.15) is 23.2 Å². The van der Waals surface area contributed by atoms with E-state index in [1.807, 2.05) is 12.1 Å². The minimum atomic E-state index is -0.616. The summed E-state index contributed by atoms with van der Waals surface area (Å²) >= 11 is 0. The first kappa shape index (κ1) is 13.4. The summed E-state index contributed by atoms with van der Waals surface area (Å²) in [5.41, 5.74) is -0.0431. The molecule has 1 fully saturated rings. The summed E-state index contributed by atoms with van der Waals surface area (Å²) in [6, 6.07) is 5.53. The van der Waals surface area contributed by atoms with Crippen LogP contribution in [0.5, 0.6) is 0 Å². The van der Waals surface area contributed by atoms with Crippen LogP contribution in [0.3, 0.4) is 0 Å². The predicted octanol–water partition coefficient (Wildman–Crippen LogP) is 3.26. The van der Waals surface area contributed by atoms with E-state index in [-0.39, 0.29) is 11.7 Å². The number of rotatable bonds is 4. The molecule has 0 bridgehead atoms. The van der Waals surface area contributed by atoms with E-state index in [0.717, 1.165) is 12.2 Å². The fraction of sp³-hybridized carbons (Fsp3) is 0.467. The number of hydrogen-bond donors (Lipinski definition) is 0. The van der Waals surface area contributed by atoms with Gasteiger partial charge in [-0.2, -0.15) is 5.26 Å². The quantitative estimate of drug-likeness (QED) is 0.473. The Morgan fingerprint density at radius 1 is 1.58 bits per heavy atom. The molecule has 1 aromatic rings. The second-order valence-corrected chi connectivity index (χ2v) is 5.18. The fourth-order valence-electron chi connectivity index (χ4n) is 1.92. The number of nitriles is 1. The Hall–Kier alpha value is -2.02. The average molecular weight is 259 g/mol. The highest BCUT2D eigenvalue weighted by atomic mass is 16.5. The molecule has 1 heterocycles. The Balaban J connectivity index is 2.12. The van der Waals surface area contributed by atoms with Gasteiger partial charge in [0, 0.05) is 12.0 Å². The summed E-state index contributed by atoms with van der Waals surface area (Å²) in [6.45, 7) is 5.65. The van der Waals surface area contributed by atoms with Crippen LogP contribution in [0.15, 0.2) is 22.1 Å². The van der Waals surface area contributed by atoms with Crippen molar-refractivity contribution in [1.82, 2.24) is 0 Å². The summed E-state index contributed by atoms with van der Waals surface area (Å²) < 4.78 is 10.6. The summed E-state index contributed by atoms with van der Waals surface area (Å²) in [7, 11) is 0. The molecule has 0 radical (unpaired) electrons. The van der Waals surface area contributed by atoms with E-state index in [1.165, 1.54) is 6.08 Å². The topological polar surface area (TPSA) is 63.2 Å². The number of nitrogens with zero attached hydrogens (tertiary/aromatic N) is 1. The molecule has 19 heavy (non-hydrogen) atoms. The van der Waals surface area contributed by atoms with Crippen molar-refractivity contribution in [3.63, 3.8) is 0 Å². The van der Waals surface area contributed by atoms with E-state index in [1.54, 1.807) is 19.9 Å². The summed E-state index contributed by atoms with van der Waals surface area (Å²) in [5, 5.41) is 8.98. The lowest BCUT2D eigenvalue weighted by Gasteiger charge is -2.05. The number of carbonyl (C=O) groups excluding carboxylic acids is 1. The van der Waals surface area contributed by atoms with E-state index in [4.69, 9.17) is 14.4 Å². The highest BCUT2D eigenvalue weighted by molar-refractivity contribution is 5.97. The van der Waals surface area contributed by atoms with Crippen LogP contribution < -0.4 is 0 Å². The molecule has 0 aromatic carbocycles. The molecule has 4 nitrogen and oxygen atoms in total. The molecular weight excluding hydrogens is 242 g/mol. The molecular formula is C15H17NO3. The van der Waals surface area contributed by atoms with Gasteiger partial charge in [0.05, 0.1) is 6.10 Å². The molecule has 1 aliphatic carbocycles. The summed E-state index contributed by atoms with van der Waals surface area (Å²) in [6.07, 6.45) is 2.32. The van der Waals surface area contributed by atoms with Crippen molar-refractivity contribution in [1.29, 1.82) is 5.26 Å². The molecule has 4 heteroatoms. The number of furan rings is 1. The third kappa shape index (κ3) is 3.25. The number of ether oxygens (including phenoxy) is 1. The fourth-order valence-corrected chi connectivity index (χ4v) is 1.92. The maximum atomic E-state index is 11.6. The van der Waals surface area contributed by atoms with Crippen LogP contribution in [0.1, 0.15) is 44.6 Å². The van der Waals surface area contributed by atoms with Gasteiger partial charge in [0.2, 0.25) is 0 Å². The molecule has 1 aromatic heterocycles. The molecule has 0 aliphatic heterocycles. The van der Waals surface area contributed by atoms with Crippen LogP contribution in [-0.4, -0.2) is 12.1 Å². The minimum absolute atomic E-state index is 0.0431. The van der Waals surface area contributed by atoms with Gasteiger partial charge in [-0.1, -0.05) is 6.92 Å². The van der Waals surface area contributed by atoms with E-state index in [0.29, 0.717) is 17.6 Å². The molecule has 0 amide bonds. The van der Waals surface area contributed by atoms with Crippen molar-refractivity contribution in [2.45, 2.75) is 39.2 Å². The minimum Gasteiger partial charge on any atom is -0.461 e. The Bertz CT molecular complexity index is 548. The van der Waals surface area contributed by atoms with Gasteiger partial charge in [0.25, 0.3) is 0 Å². The Morgan fingerprint density at radius 3 is 2.79 bits per heavy atom. The maximum Gasteiger partial charge on any atom is 0.349 e. The van der Waals surface area contributed by atoms with Gasteiger partial charge in [-0.25, -0.2) is 4.79 Å². The van der Waals surface area contributed by atoms with Crippen LogP contribution in [0.25, 0.3) is 6.08 Å². The first-order valence-electron chi connectivity index (χ1n) is 6.43. The Labute approximate surface area is 112 Å². The van der Waals surface area contributed by atoms with Crippen LogP contribution >= 0.6 is 0 Å². The molecule has 1 aliphatic rings. The van der Waals surface area contributed by atoms with Crippen molar-refractivity contribution in [2.75, 3.05) is 0 Å². The number of esters is 1. The average Bonchev–Trinajstić information content (AvgIpc) is 2.89. The SMILES string of the molecule is CC(C)OC(=O)/C(C#N)=C/c1ccc([C@@H]2C[C@@H]2C)o1. The molecule has 0 unspecified atom stereocenters. The molecule has 1 saturated carbocycles. The van der Waals surface area contributed by atoms with E-state index >= 15 is 0 Å². The lowest BCUT2D eigenvalue weighted by molar-refractivity contribution is -0.142. The summed E-state index contributed by atoms with van der Waals surface area (Å²) in [5.74, 6) is 1.97. The van der Waals surface area contributed by atoms with Gasteiger partial charge in [-0.3, -0.25) is 0 Å². The molecule has 0 N–H and O–H groups in total. The van der Waals surface area contributed by atoms with E-state index in [2.05, 4.69) is 6.92 Å². The Morgan fingerprint density at radius 2 is 2.26 bits per heavy atom. The highest BCUT2D eigenvalue weighted by Gasteiger charge is 2.36. The lowest BCUT2D eigenvalue weighted by atomic mass is 10.2. The monoisotopic (exact) mass is 259 g/mol. The summed E-state index contributed by atoms with van der Waals surface area (Å²) in [4.78, 5) is 11.6. The number of carbonyl (C=O) groups is 1. The standard InChI is InChI=1S/C15H17NO3/c1-9(2)18-15(17)11(8-16)7-12-4-5-14(19-12)13-6-10(13)3/h4-5,7,9-10,13H,6H2,1-3H3/b11-7+/t10-,13+/m0/s1. The zero-order valence-corrected chi connectivity index (χ0v) is 11.3. The van der Waals surface area contributed by atoms with Gasteiger partial charge < -0.3 is 9.15 Å². The van der Waals surface area contributed by atoms with Gasteiger partial charge in [0.15, 0.2) is 0 Å². The zero-order valence-electron chi connectivity index (χ0n) is 11.3. The normalized spacial score (nSPS) is 22.2. The third-order valence-electron chi connectivity index (χ3n) is 3.09. The largest absolute Gasteiger partial charge is 0.461 e. The molecule has 100 valence electrons. The first-order chi connectivity index (χ1) is 9.01. The molecule has 0 spiro atoms. The predicted molar refractivity (Wildman–Crippen MR) is 70.0 cm³/mol. The van der Waals surface area contributed by atoms with Crippen LogP contribution in [0.2, 0.25) is 0 Å². The maximum absolute atomic E-state index is 11.6. The van der Waals surface area contributed by atoms with Gasteiger partial charge >= 0.3 is 5.97 Å². The second-order valence-electron chi connectivity index (χ2n) is 5.18. The molecule has 0 saturated heterocycles. The lowest BCUT2D eigenvalue weighted by Crippen LogP contribution is -2.12. The van der Waals surface area contributed by atoms with Crippen LogP contribution in [0, 0.1) is 17.2 Å². The molecule has 2 atom stereocenters. The van der Waals surface area contributed by atoms with Gasteiger partial charge in [-0.05, 0) is 38.3 Å². The van der Waals surface area contributed by atoms with Crippen molar-refractivity contribution < 1.29 is 13.9 Å². The van der Waals surface area contributed by atoms with Crippen molar-refractivity contribution in [3.05, 3.63) is 29.2 Å². The number of hydrogen-bond acceptors (Lipinski definition) is 4. The van der Waals surface area contributed by atoms with E-state index in [9.17, 15) is 4.79 Å². The van der Waals surface area contributed by atoms with Crippen molar-refractivity contribution in [2.24, 2.45) is 5.92 Å². The smallest absolute Gasteiger partial charge is 0.349 e. The van der Waals surface area contributed by atoms with Crippen LogP contribution in [0.4, 0.5) is 0 Å². The first-order valence-corrected chi connectivity index (χ1v) is 6.43. The molecule has 2 rings (SSSR count). The second kappa shape index (κ2) is 5.31. The Kier molecular flexibility index (Phi) is 3.75. The zero-order chi connectivity index (χ0) is 14.0. The van der Waals surface area contributed by atoms with Gasteiger partial charge in [-0.15, -0.1) is 0 Å². The van der Waals surface area contributed by atoms with Crippen molar-refractivity contribution >= 4 is 12.0 Å². The van der Waals surface area contributed by atoms with Crippen molar-refractivity contribution in [3.8, 4) is 6.07 Å². The third-order valence-corrected chi connectivity index (χ3v) is 3.09. The van der Waals surface area contributed by atoms with Crippen LogP contribution in [-0.2, 0) is 9.53 Å². The highest BCUT2D eigenvalue weighted by Crippen LogP contribution is 2.47. The van der Waals surface area contributed by atoms with E-state index < -0.39 is 5.97 Å².